The number of ketones is 1. The van der Waals surface area contributed by atoms with Crippen LogP contribution in [0.4, 0.5) is 0 Å². The molecule has 3 aromatic rings. The first kappa shape index (κ1) is 22.0. The van der Waals surface area contributed by atoms with Crippen LogP contribution in [0.25, 0.3) is 17.0 Å². The number of carbonyl (C=O) groups is 3. The third kappa shape index (κ3) is 4.88. The van der Waals surface area contributed by atoms with Gasteiger partial charge in [-0.05, 0) is 51.5 Å². The first-order valence-electron chi connectivity index (χ1n) is 9.96. The molecule has 1 atom stereocenters. The summed E-state index contributed by atoms with van der Waals surface area (Å²) in [5.74, 6) is -1.59. The van der Waals surface area contributed by atoms with Crippen molar-refractivity contribution in [1.82, 2.24) is 9.97 Å². The molecule has 1 N–H and O–H groups in total. The summed E-state index contributed by atoms with van der Waals surface area (Å²) in [7, 11) is 0. The van der Waals surface area contributed by atoms with Gasteiger partial charge in [-0.1, -0.05) is 24.3 Å². The number of hydrogen-bond donors (Lipinski definition) is 1. The number of fused-ring (bicyclic) bond motifs is 1. The van der Waals surface area contributed by atoms with Gasteiger partial charge in [0.2, 0.25) is 5.78 Å². The third-order valence-corrected chi connectivity index (χ3v) is 4.84. The number of rotatable bonds is 7. The van der Waals surface area contributed by atoms with E-state index in [1.807, 2.05) is 30.3 Å². The van der Waals surface area contributed by atoms with Crippen molar-refractivity contribution in [1.29, 1.82) is 0 Å². The minimum absolute atomic E-state index is 0.223. The fourth-order valence-electron chi connectivity index (χ4n) is 3.30. The molecule has 0 aliphatic heterocycles. The van der Waals surface area contributed by atoms with Crippen LogP contribution in [0.2, 0.25) is 0 Å². The van der Waals surface area contributed by atoms with E-state index in [4.69, 9.17) is 9.47 Å². The fraction of sp³-hybridized carbons (Fsp3) is 0.250. The van der Waals surface area contributed by atoms with Crippen LogP contribution in [0.1, 0.15) is 51.6 Å². The average molecular weight is 420 g/mol. The Balaban J connectivity index is 1.69. The van der Waals surface area contributed by atoms with E-state index in [2.05, 4.69) is 9.97 Å². The number of hydrogen-bond acceptors (Lipinski definition) is 6. The second-order valence-corrected chi connectivity index (χ2v) is 7.05. The number of nitrogens with one attached hydrogen (secondary N) is 1. The molecule has 0 radical (unpaired) electrons. The second kappa shape index (κ2) is 9.38. The molecular formula is C24H24N2O5. The monoisotopic (exact) mass is 420 g/mol. The zero-order valence-corrected chi connectivity index (χ0v) is 17.9. The van der Waals surface area contributed by atoms with Crippen LogP contribution in [0.15, 0.2) is 42.5 Å². The SMILES string of the molecule is CCOC(=O)c1c(C)[nH]c(C(=O)C(C)OC(=O)/C=C/c2ccc3ccccc3n2)c1C. The van der Waals surface area contributed by atoms with Crippen molar-refractivity contribution in [2.45, 2.75) is 33.8 Å². The van der Waals surface area contributed by atoms with Crippen LogP contribution >= 0.6 is 0 Å². The number of ether oxygens (including phenoxy) is 2. The van der Waals surface area contributed by atoms with E-state index in [9.17, 15) is 14.4 Å². The summed E-state index contributed by atoms with van der Waals surface area (Å²) in [4.78, 5) is 44.5. The molecule has 3 rings (SSSR count). The predicted molar refractivity (Wildman–Crippen MR) is 117 cm³/mol. The first-order chi connectivity index (χ1) is 14.8. The summed E-state index contributed by atoms with van der Waals surface area (Å²) >= 11 is 0. The van der Waals surface area contributed by atoms with Gasteiger partial charge < -0.3 is 14.5 Å². The van der Waals surface area contributed by atoms with Gasteiger partial charge in [-0.3, -0.25) is 4.79 Å². The molecule has 1 unspecified atom stereocenters. The molecule has 0 saturated heterocycles. The highest BCUT2D eigenvalue weighted by Gasteiger charge is 2.27. The molecule has 0 spiro atoms. The van der Waals surface area contributed by atoms with E-state index >= 15 is 0 Å². The lowest BCUT2D eigenvalue weighted by Gasteiger charge is -2.10. The molecule has 0 bridgehead atoms. The fourth-order valence-corrected chi connectivity index (χ4v) is 3.30. The van der Waals surface area contributed by atoms with Crippen LogP contribution in [0.3, 0.4) is 0 Å². The molecule has 0 fully saturated rings. The summed E-state index contributed by atoms with van der Waals surface area (Å²) in [5.41, 5.74) is 2.97. The van der Waals surface area contributed by atoms with E-state index in [1.54, 1.807) is 26.8 Å². The molecule has 2 aromatic heterocycles. The Labute approximate surface area is 180 Å². The van der Waals surface area contributed by atoms with Gasteiger partial charge in [-0.25, -0.2) is 14.6 Å². The minimum Gasteiger partial charge on any atom is -0.462 e. The molecule has 1 aromatic carbocycles. The zero-order chi connectivity index (χ0) is 22.5. The Hall–Kier alpha value is -3.74. The molecule has 2 heterocycles. The van der Waals surface area contributed by atoms with E-state index < -0.39 is 23.8 Å². The van der Waals surface area contributed by atoms with Crippen LogP contribution in [0, 0.1) is 13.8 Å². The van der Waals surface area contributed by atoms with Crippen molar-refractivity contribution in [2.24, 2.45) is 0 Å². The van der Waals surface area contributed by atoms with Crippen molar-refractivity contribution >= 4 is 34.7 Å². The van der Waals surface area contributed by atoms with Crippen LogP contribution in [-0.2, 0) is 14.3 Å². The Morgan fingerprint density at radius 1 is 1.13 bits per heavy atom. The number of aryl methyl sites for hydroxylation is 1. The lowest BCUT2D eigenvalue weighted by atomic mass is 10.1. The van der Waals surface area contributed by atoms with Gasteiger partial charge in [-0.2, -0.15) is 0 Å². The maximum absolute atomic E-state index is 12.8. The summed E-state index contributed by atoms with van der Waals surface area (Å²) in [6.45, 7) is 6.78. The largest absolute Gasteiger partial charge is 0.462 e. The van der Waals surface area contributed by atoms with Crippen LogP contribution < -0.4 is 0 Å². The molecular weight excluding hydrogens is 396 g/mol. The highest BCUT2D eigenvalue weighted by atomic mass is 16.5. The number of pyridine rings is 1. The quantitative estimate of drug-likeness (QED) is 0.350. The lowest BCUT2D eigenvalue weighted by molar-refractivity contribution is -0.140. The van der Waals surface area contributed by atoms with E-state index in [0.29, 0.717) is 22.5 Å². The average Bonchev–Trinajstić information content (AvgIpc) is 3.05. The first-order valence-corrected chi connectivity index (χ1v) is 9.96. The maximum Gasteiger partial charge on any atom is 0.340 e. The normalized spacial score (nSPS) is 12.1. The third-order valence-electron chi connectivity index (χ3n) is 4.84. The number of H-pyrrole nitrogens is 1. The number of aromatic amines is 1. The molecule has 7 heteroatoms. The summed E-state index contributed by atoms with van der Waals surface area (Å²) in [6.07, 6.45) is 1.74. The molecule has 7 nitrogen and oxygen atoms in total. The van der Waals surface area contributed by atoms with Crippen molar-refractivity contribution in [2.75, 3.05) is 6.61 Å². The number of carbonyl (C=O) groups excluding carboxylic acids is 3. The highest BCUT2D eigenvalue weighted by Crippen LogP contribution is 2.21. The Morgan fingerprint density at radius 3 is 2.61 bits per heavy atom. The number of benzene rings is 1. The summed E-state index contributed by atoms with van der Waals surface area (Å²) < 4.78 is 10.3. The maximum atomic E-state index is 12.8. The van der Waals surface area contributed by atoms with Crippen molar-refractivity contribution < 1.29 is 23.9 Å². The standard InChI is InChI=1S/C24H24N2O5/c1-5-30-24(29)21-14(2)22(25-15(21)3)23(28)16(4)31-20(27)13-12-18-11-10-17-8-6-7-9-19(17)26-18/h6-13,16,25H,5H2,1-4H3/b13-12+. The van der Waals surface area contributed by atoms with Gasteiger partial charge in [-0.15, -0.1) is 0 Å². The molecule has 160 valence electrons. The van der Waals surface area contributed by atoms with Gasteiger partial charge in [0.05, 0.1) is 29.1 Å². The van der Waals surface area contributed by atoms with Gasteiger partial charge in [0.15, 0.2) is 6.10 Å². The minimum atomic E-state index is -1.03. The number of para-hydroxylation sites is 1. The van der Waals surface area contributed by atoms with E-state index in [1.165, 1.54) is 19.1 Å². The molecule has 0 amide bonds. The summed E-state index contributed by atoms with van der Waals surface area (Å²) in [6, 6.07) is 11.4. The Bertz CT molecular complexity index is 1180. The topological polar surface area (TPSA) is 98.4 Å². The highest BCUT2D eigenvalue weighted by molar-refractivity contribution is 6.04. The number of aromatic nitrogens is 2. The van der Waals surface area contributed by atoms with Crippen LogP contribution in [-0.4, -0.2) is 40.4 Å². The molecule has 0 saturated carbocycles. The van der Waals surface area contributed by atoms with Gasteiger partial charge in [0.1, 0.15) is 0 Å². The molecule has 31 heavy (non-hydrogen) atoms. The van der Waals surface area contributed by atoms with Gasteiger partial charge in [0.25, 0.3) is 0 Å². The van der Waals surface area contributed by atoms with E-state index in [0.717, 1.165) is 10.9 Å². The molecule has 0 aliphatic rings. The van der Waals surface area contributed by atoms with Gasteiger partial charge in [0, 0.05) is 17.2 Å². The number of esters is 2. The summed E-state index contributed by atoms with van der Waals surface area (Å²) in [5, 5.41) is 1.00. The second-order valence-electron chi connectivity index (χ2n) is 7.05. The number of Topliss-reactive ketones (excluding diaryl/α,β-unsaturated/α-hetero) is 1. The van der Waals surface area contributed by atoms with Crippen molar-refractivity contribution in [3.8, 4) is 0 Å². The predicted octanol–water partition coefficient (Wildman–Crippen LogP) is 4.18. The van der Waals surface area contributed by atoms with Crippen molar-refractivity contribution in [3.63, 3.8) is 0 Å². The lowest BCUT2D eigenvalue weighted by Crippen LogP contribution is -2.24. The zero-order valence-electron chi connectivity index (χ0n) is 17.9. The Kier molecular flexibility index (Phi) is 6.65. The molecule has 0 aliphatic carbocycles. The van der Waals surface area contributed by atoms with Gasteiger partial charge >= 0.3 is 11.9 Å². The number of nitrogens with zero attached hydrogens (tertiary/aromatic N) is 1. The van der Waals surface area contributed by atoms with E-state index in [-0.39, 0.29) is 12.3 Å². The van der Waals surface area contributed by atoms with Crippen molar-refractivity contribution in [3.05, 3.63) is 70.7 Å². The Morgan fingerprint density at radius 2 is 1.87 bits per heavy atom. The van der Waals surface area contributed by atoms with Crippen LogP contribution in [0.5, 0.6) is 0 Å². The smallest absolute Gasteiger partial charge is 0.340 e.